The summed E-state index contributed by atoms with van der Waals surface area (Å²) in [4.78, 5) is 28.5. The van der Waals surface area contributed by atoms with Gasteiger partial charge >= 0.3 is 5.63 Å². The van der Waals surface area contributed by atoms with E-state index in [0.717, 1.165) is 22.0 Å². The SMILES string of the molecule is Cc1cc(C(=O)Nc2ccc3oc(=O)ccc3c2)c2ccccc2n1. The second-order valence-electron chi connectivity index (χ2n) is 5.79. The van der Waals surface area contributed by atoms with Crippen LogP contribution in [0.5, 0.6) is 0 Å². The van der Waals surface area contributed by atoms with Gasteiger partial charge in [0.1, 0.15) is 5.58 Å². The monoisotopic (exact) mass is 330 g/mol. The molecule has 122 valence electrons. The van der Waals surface area contributed by atoms with E-state index in [1.165, 1.54) is 6.07 Å². The van der Waals surface area contributed by atoms with Crippen LogP contribution >= 0.6 is 0 Å². The molecule has 0 aliphatic heterocycles. The molecule has 4 aromatic rings. The van der Waals surface area contributed by atoms with Crippen molar-refractivity contribution in [1.29, 1.82) is 0 Å². The number of rotatable bonds is 2. The van der Waals surface area contributed by atoms with Crippen molar-refractivity contribution in [1.82, 2.24) is 4.98 Å². The maximum atomic E-state index is 12.8. The number of carbonyl (C=O) groups is 1. The summed E-state index contributed by atoms with van der Waals surface area (Å²) in [6.07, 6.45) is 0. The average Bonchev–Trinajstić information content (AvgIpc) is 2.61. The molecule has 0 unspecified atom stereocenters. The molecule has 0 aliphatic carbocycles. The fourth-order valence-corrected chi connectivity index (χ4v) is 2.84. The first kappa shape index (κ1) is 15.1. The number of hydrogen-bond acceptors (Lipinski definition) is 4. The van der Waals surface area contributed by atoms with Crippen molar-refractivity contribution in [3.05, 3.63) is 82.3 Å². The molecule has 4 rings (SSSR count). The highest BCUT2D eigenvalue weighted by Crippen LogP contribution is 2.22. The van der Waals surface area contributed by atoms with Crippen LogP contribution in [0, 0.1) is 6.92 Å². The van der Waals surface area contributed by atoms with Gasteiger partial charge in [-0.1, -0.05) is 18.2 Å². The predicted molar refractivity (Wildman–Crippen MR) is 96.9 cm³/mol. The third-order valence-corrected chi connectivity index (χ3v) is 3.97. The topological polar surface area (TPSA) is 72.2 Å². The minimum atomic E-state index is -0.400. The Kier molecular flexibility index (Phi) is 3.54. The van der Waals surface area contributed by atoms with E-state index in [9.17, 15) is 9.59 Å². The highest BCUT2D eigenvalue weighted by molar-refractivity contribution is 6.12. The van der Waals surface area contributed by atoms with Gasteiger partial charge < -0.3 is 9.73 Å². The largest absolute Gasteiger partial charge is 0.423 e. The molecule has 0 fully saturated rings. The normalized spacial score (nSPS) is 10.9. The van der Waals surface area contributed by atoms with E-state index in [-0.39, 0.29) is 5.91 Å². The number of hydrogen-bond donors (Lipinski definition) is 1. The van der Waals surface area contributed by atoms with Crippen LogP contribution in [-0.4, -0.2) is 10.9 Å². The third-order valence-electron chi connectivity index (χ3n) is 3.97. The lowest BCUT2D eigenvalue weighted by atomic mass is 10.1. The number of carbonyl (C=O) groups excluding carboxylic acids is 1. The highest BCUT2D eigenvalue weighted by atomic mass is 16.4. The molecule has 2 aromatic heterocycles. The zero-order chi connectivity index (χ0) is 17.4. The van der Waals surface area contributed by atoms with Gasteiger partial charge in [0.2, 0.25) is 0 Å². The number of aryl methyl sites for hydroxylation is 1. The van der Waals surface area contributed by atoms with Crippen molar-refractivity contribution >= 4 is 33.5 Å². The number of anilines is 1. The van der Waals surface area contributed by atoms with E-state index >= 15 is 0 Å². The summed E-state index contributed by atoms with van der Waals surface area (Å²) in [5.74, 6) is -0.210. The molecule has 0 saturated carbocycles. The van der Waals surface area contributed by atoms with Crippen LogP contribution in [0.2, 0.25) is 0 Å². The highest BCUT2D eigenvalue weighted by Gasteiger charge is 2.12. The second kappa shape index (κ2) is 5.87. The molecule has 2 heterocycles. The average molecular weight is 330 g/mol. The zero-order valence-corrected chi connectivity index (χ0v) is 13.4. The zero-order valence-electron chi connectivity index (χ0n) is 13.4. The molecule has 0 saturated heterocycles. The maximum absolute atomic E-state index is 12.8. The molecular weight excluding hydrogens is 316 g/mol. The molecule has 0 spiro atoms. The summed E-state index contributed by atoms with van der Waals surface area (Å²) in [7, 11) is 0. The number of para-hydroxylation sites is 1. The summed E-state index contributed by atoms with van der Waals surface area (Å²) in [5, 5.41) is 4.44. The van der Waals surface area contributed by atoms with Crippen LogP contribution in [0.25, 0.3) is 21.9 Å². The first-order valence-electron chi connectivity index (χ1n) is 7.82. The van der Waals surface area contributed by atoms with Gasteiger partial charge in [-0.2, -0.15) is 0 Å². The number of nitrogens with zero attached hydrogens (tertiary/aromatic N) is 1. The second-order valence-corrected chi connectivity index (χ2v) is 5.79. The summed E-state index contributed by atoms with van der Waals surface area (Å²) in [6.45, 7) is 1.86. The molecule has 0 atom stereocenters. The van der Waals surface area contributed by atoms with Gasteiger partial charge in [-0.25, -0.2) is 4.79 Å². The van der Waals surface area contributed by atoms with Crippen molar-refractivity contribution in [2.45, 2.75) is 6.92 Å². The Bertz CT molecular complexity index is 1180. The minimum absolute atomic E-state index is 0.210. The first-order valence-corrected chi connectivity index (χ1v) is 7.82. The predicted octanol–water partition coefficient (Wildman–Crippen LogP) is 3.90. The number of benzene rings is 2. The Morgan fingerprint density at radius 2 is 1.88 bits per heavy atom. The Morgan fingerprint density at radius 3 is 2.76 bits per heavy atom. The first-order chi connectivity index (χ1) is 12.1. The van der Waals surface area contributed by atoms with Crippen LogP contribution in [0.3, 0.4) is 0 Å². The third kappa shape index (κ3) is 2.87. The molecule has 25 heavy (non-hydrogen) atoms. The van der Waals surface area contributed by atoms with Gasteiger partial charge in [-0.3, -0.25) is 9.78 Å². The van der Waals surface area contributed by atoms with Gasteiger partial charge in [-0.05, 0) is 43.3 Å². The molecule has 0 aliphatic rings. The quantitative estimate of drug-likeness (QED) is 0.566. The number of pyridine rings is 1. The molecule has 5 heteroatoms. The Balaban J connectivity index is 1.73. The van der Waals surface area contributed by atoms with Crippen LogP contribution in [0.15, 0.2) is 69.9 Å². The standard InChI is InChI=1S/C20H14N2O3/c1-12-10-16(15-4-2-3-5-17(15)21-12)20(24)22-14-7-8-18-13(11-14)6-9-19(23)25-18/h2-11H,1H3,(H,22,24). The van der Waals surface area contributed by atoms with Crippen LogP contribution in [0.1, 0.15) is 16.1 Å². The van der Waals surface area contributed by atoms with E-state index in [4.69, 9.17) is 4.42 Å². The van der Waals surface area contributed by atoms with E-state index in [1.54, 1.807) is 30.3 Å². The molecular formula is C20H14N2O3. The summed E-state index contributed by atoms with van der Waals surface area (Å²) >= 11 is 0. The van der Waals surface area contributed by atoms with E-state index < -0.39 is 5.63 Å². The lowest BCUT2D eigenvalue weighted by molar-refractivity contribution is 0.102. The fourth-order valence-electron chi connectivity index (χ4n) is 2.84. The van der Waals surface area contributed by atoms with Crippen molar-refractivity contribution in [3.63, 3.8) is 0 Å². The van der Waals surface area contributed by atoms with E-state index in [0.29, 0.717) is 16.8 Å². The van der Waals surface area contributed by atoms with Gasteiger partial charge in [0.15, 0.2) is 0 Å². The molecule has 0 bridgehead atoms. The van der Waals surface area contributed by atoms with Crippen LogP contribution in [0.4, 0.5) is 5.69 Å². The van der Waals surface area contributed by atoms with Gasteiger partial charge in [0.05, 0.1) is 11.1 Å². The van der Waals surface area contributed by atoms with Gasteiger partial charge in [0.25, 0.3) is 5.91 Å². The Morgan fingerprint density at radius 1 is 1.04 bits per heavy atom. The minimum Gasteiger partial charge on any atom is -0.423 e. The smallest absolute Gasteiger partial charge is 0.336 e. The van der Waals surface area contributed by atoms with Crippen molar-refractivity contribution in [2.75, 3.05) is 5.32 Å². The maximum Gasteiger partial charge on any atom is 0.336 e. The number of fused-ring (bicyclic) bond motifs is 2. The van der Waals surface area contributed by atoms with Crippen LogP contribution in [-0.2, 0) is 0 Å². The molecule has 1 amide bonds. The summed E-state index contributed by atoms with van der Waals surface area (Å²) < 4.78 is 5.10. The Hall–Kier alpha value is -3.47. The number of amides is 1. The van der Waals surface area contributed by atoms with Crippen molar-refractivity contribution in [2.24, 2.45) is 0 Å². The van der Waals surface area contributed by atoms with Gasteiger partial charge in [-0.15, -0.1) is 0 Å². The van der Waals surface area contributed by atoms with Crippen molar-refractivity contribution in [3.8, 4) is 0 Å². The van der Waals surface area contributed by atoms with E-state index in [2.05, 4.69) is 10.3 Å². The Labute approximate surface area is 142 Å². The fraction of sp³-hybridized carbons (Fsp3) is 0.0500. The van der Waals surface area contributed by atoms with Gasteiger partial charge in [0, 0.05) is 28.2 Å². The lowest BCUT2D eigenvalue weighted by Crippen LogP contribution is -2.13. The molecule has 0 radical (unpaired) electrons. The lowest BCUT2D eigenvalue weighted by Gasteiger charge is -2.09. The number of aromatic nitrogens is 1. The summed E-state index contributed by atoms with van der Waals surface area (Å²) in [6, 6.07) is 17.5. The van der Waals surface area contributed by atoms with E-state index in [1.807, 2.05) is 31.2 Å². The molecule has 2 aromatic carbocycles. The van der Waals surface area contributed by atoms with Crippen molar-refractivity contribution < 1.29 is 9.21 Å². The number of nitrogens with one attached hydrogen (secondary N) is 1. The molecule has 5 nitrogen and oxygen atoms in total. The van der Waals surface area contributed by atoms with Crippen LogP contribution < -0.4 is 10.9 Å². The summed E-state index contributed by atoms with van der Waals surface area (Å²) in [5.41, 5.74) is 2.85. The molecule has 1 N–H and O–H groups in total.